The van der Waals surface area contributed by atoms with Crippen molar-refractivity contribution in [1.82, 2.24) is 10.2 Å². The van der Waals surface area contributed by atoms with Gasteiger partial charge in [-0.3, -0.25) is 0 Å². The van der Waals surface area contributed by atoms with Gasteiger partial charge in [0.15, 0.2) is 0 Å². The molecule has 84 valence electrons. The van der Waals surface area contributed by atoms with E-state index in [2.05, 4.69) is 17.1 Å². The molecule has 0 radical (unpaired) electrons. The van der Waals surface area contributed by atoms with Crippen LogP contribution in [0.5, 0.6) is 0 Å². The second kappa shape index (κ2) is 4.98. The molecule has 1 heterocycles. The fourth-order valence-corrected chi connectivity index (χ4v) is 1.70. The molecule has 1 N–H and O–H groups in total. The lowest BCUT2D eigenvalue weighted by atomic mass is 10.2. The van der Waals surface area contributed by atoms with E-state index in [4.69, 9.17) is 0 Å². The van der Waals surface area contributed by atoms with E-state index in [1.807, 2.05) is 0 Å². The van der Waals surface area contributed by atoms with E-state index in [1.54, 1.807) is 0 Å². The van der Waals surface area contributed by atoms with Gasteiger partial charge in [-0.25, -0.2) is 0 Å². The van der Waals surface area contributed by atoms with Gasteiger partial charge in [0.25, 0.3) is 0 Å². The van der Waals surface area contributed by atoms with Crippen LogP contribution in [-0.4, -0.2) is 43.8 Å². The number of rotatable bonds is 4. The summed E-state index contributed by atoms with van der Waals surface area (Å²) in [6, 6.07) is 0. The first-order valence-electron chi connectivity index (χ1n) is 4.97. The van der Waals surface area contributed by atoms with E-state index in [-0.39, 0.29) is 0 Å². The van der Waals surface area contributed by atoms with Crippen molar-refractivity contribution in [2.24, 2.45) is 5.92 Å². The largest absolute Gasteiger partial charge is 0.401 e. The van der Waals surface area contributed by atoms with Crippen molar-refractivity contribution in [3.63, 3.8) is 0 Å². The van der Waals surface area contributed by atoms with Gasteiger partial charge in [0.1, 0.15) is 0 Å². The zero-order valence-electron chi connectivity index (χ0n) is 8.40. The third-order valence-corrected chi connectivity index (χ3v) is 2.44. The van der Waals surface area contributed by atoms with Crippen molar-refractivity contribution in [2.75, 3.05) is 32.7 Å². The lowest BCUT2D eigenvalue weighted by molar-refractivity contribution is -0.124. The van der Waals surface area contributed by atoms with Crippen molar-refractivity contribution in [2.45, 2.75) is 19.5 Å². The van der Waals surface area contributed by atoms with Crippen LogP contribution in [0.2, 0.25) is 0 Å². The molecule has 0 aromatic carbocycles. The molecule has 1 aliphatic rings. The molecule has 1 rings (SSSR count). The Labute approximate surface area is 82.5 Å². The van der Waals surface area contributed by atoms with Crippen LogP contribution in [0.1, 0.15) is 13.3 Å². The summed E-state index contributed by atoms with van der Waals surface area (Å²) in [6.45, 7) is 4.48. The van der Waals surface area contributed by atoms with E-state index >= 15 is 0 Å². The molecule has 1 saturated heterocycles. The molecular formula is C9H17F3N2. The summed E-state index contributed by atoms with van der Waals surface area (Å²) in [5, 5.41) is 2.40. The number of hydrogen-bond donors (Lipinski definition) is 1. The summed E-state index contributed by atoms with van der Waals surface area (Å²) >= 11 is 0. The number of alkyl halides is 3. The minimum absolute atomic E-state index is 0.423. The van der Waals surface area contributed by atoms with Gasteiger partial charge >= 0.3 is 6.18 Å². The average molecular weight is 210 g/mol. The van der Waals surface area contributed by atoms with Crippen LogP contribution in [0.25, 0.3) is 0 Å². The highest BCUT2D eigenvalue weighted by Gasteiger charge is 2.26. The maximum Gasteiger partial charge on any atom is 0.401 e. The second-order valence-corrected chi connectivity index (χ2v) is 3.99. The number of nitrogens with one attached hydrogen (secondary N) is 1. The van der Waals surface area contributed by atoms with Crippen LogP contribution < -0.4 is 5.32 Å². The first kappa shape index (κ1) is 11.8. The number of hydrogen-bond acceptors (Lipinski definition) is 2. The Morgan fingerprint density at radius 3 is 2.64 bits per heavy atom. The lowest BCUT2D eigenvalue weighted by Crippen LogP contribution is -2.35. The smallest absolute Gasteiger partial charge is 0.307 e. The molecule has 0 aliphatic carbocycles. The van der Waals surface area contributed by atoms with Crippen LogP contribution in [0.4, 0.5) is 13.2 Å². The topological polar surface area (TPSA) is 15.3 Å². The third-order valence-electron chi connectivity index (χ3n) is 2.44. The predicted molar refractivity (Wildman–Crippen MR) is 49.1 cm³/mol. The second-order valence-electron chi connectivity index (χ2n) is 3.99. The average Bonchev–Trinajstić information content (AvgIpc) is 2.44. The van der Waals surface area contributed by atoms with Gasteiger partial charge < -0.3 is 10.2 Å². The Hall–Kier alpha value is -0.290. The molecule has 1 fully saturated rings. The monoisotopic (exact) mass is 210 g/mol. The molecule has 1 aliphatic heterocycles. The molecule has 2 nitrogen and oxygen atoms in total. The number of nitrogens with zero attached hydrogens (tertiary/aromatic N) is 1. The van der Waals surface area contributed by atoms with Crippen LogP contribution in [0.15, 0.2) is 0 Å². The normalized spacial score (nSPS) is 24.4. The summed E-state index contributed by atoms with van der Waals surface area (Å²) in [4.78, 5) is 2.20. The van der Waals surface area contributed by atoms with Gasteiger partial charge in [0.05, 0.1) is 6.54 Å². The van der Waals surface area contributed by atoms with E-state index in [1.165, 1.54) is 6.42 Å². The molecule has 14 heavy (non-hydrogen) atoms. The first-order chi connectivity index (χ1) is 6.47. The van der Waals surface area contributed by atoms with Gasteiger partial charge in [0.2, 0.25) is 0 Å². The number of likely N-dealkylation sites (tertiary alicyclic amines) is 1. The van der Waals surface area contributed by atoms with Crippen LogP contribution >= 0.6 is 0 Å². The van der Waals surface area contributed by atoms with Gasteiger partial charge in [-0.15, -0.1) is 0 Å². The first-order valence-corrected chi connectivity index (χ1v) is 4.97. The highest BCUT2D eigenvalue weighted by Crippen LogP contribution is 2.14. The van der Waals surface area contributed by atoms with Gasteiger partial charge in [-0.05, 0) is 18.9 Å². The molecule has 1 unspecified atom stereocenters. The minimum Gasteiger partial charge on any atom is -0.307 e. The Morgan fingerprint density at radius 1 is 1.43 bits per heavy atom. The Balaban J connectivity index is 1.99. The molecule has 0 bridgehead atoms. The summed E-state index contributed by atoms with van der Waals surface area (Å²) < 4.78 is 35.2. The molecule has 1 atom stereocenters. The lowest BCUT2D eigenvalue weighted by Gasteiger charge is -2.15. The van der Waals surface area contributed by atoms with Crippen molar-refractivity contribution in [1.29, 1.82) is 0 Å². The molecule has 0 spiro atoms. The molecule has 0 aromatic rings. The van der Waals surface area contributed by atoms with E-state index in [9.17, 15) is 13.2 Å². The fourth-order valence-electron chi connectivity index (χ4n) is 1.70. The zero-order valence-corrected chi connectivity index (χ0v) is 8.40. The minimum atomic E-state index is -4.09. The van der Waals surface area contributed by atoms with Crippen molar-refractivity contribution in [3.05, 3.63) is 0 Å². The Kier molecular flexibility index (Phi) is 4.19. The van der Waals surface area contributed by atoms with Crippen molar-refractivity contribution >= 4 is 0 Å². The third kappa shape index (κ3) is 4.81. The predicted octanol–water partition coefficient (Wildman–Crippen LogP) is 1.48. The molecule has 0 saturated carbocycles. The van der Waals surface area contributed by atoms with Crippen LogP contribution in [0.3, 0.4) is 0 Å². The number of halogens is 3. The highest BCUT2D eigenvalue weighted by atomic mass is 19.4. The summed E-state index contributed by atoms with van der Waals surface area (Å²) in [7, 11) is 0. The summed E-state index contributed by atoms with van der Waals surface area (Å²) in [5.74, 6) is 0.692. The standard InChI is InChI=1S/C9H17F3N2/c1-8-2-4-14(6-8)5-3-13-7-9(10,11)12/h8,13H,2-7H2,1H3. The summed E-state index contributed by atoms with van der Waals surface area (Å²) in [6.07, 6.45) is -2.92. The molecule has 5 heteroatoms. The van der Waals surface area contributed by atoms with Gasteiger partial charge in [-0.2, -0.15) is 13.2 Å². The van der Waals surface area contributed by atoms with Crippen LogP contribution in [0, 0.1) is 5.92 Å². The molecule has 0 amide bonds. The van der Waals surface area contributed by atoms with E-state index in [0.29, 0.717) is 12.5 Å². The SMILES string of the molecule is CC1CCN(CCNCC(F)(F)F)C1. The molecule has 0 aromatic heterocycles. The molecular weight excluding hydrogens is 193 g/mol. The Morgan fingerprint density at radius 2 is 2.14 bits per heavy atom. The maximum absolute atomic E-state index is 11.7. The van der Waals surface area contributed by atoms with Crippen molar-refractivity contribution in [3.8, 4) is 0 Å². The zero-order chi connectivity index (χ0) is 10.6. The quantitative estimate of drug-likeness (QED) is 0.707. The van der Waals surface area contributed by atoms with Gasteiger partial charge in [0, 0.05) is 19.6 Å². The van der Waals surface area contributed by atoms with E-state index in [0.717, 1.165) is 19.6 Å². The highest BCUT2D eigenvalue weighted by molar-refractivity contribution is 4.72. The summed E-state index contributed by atoms with van der Waals surface area (Å²) in [5.41, 5.74) is 0. The van der Waals surface area contributed by atoms with Gasteiger partial charge in [-0.1, -0.05) is 6.92 Å². The Bertz CT molecular complexity index is 170. The fraction of sp³-hybridized carbons (Fsp3) is 1.00. The van der Waals surface area contributed by atoms with E-state index < -0.39 is 12.7 Å². The van der Waals surface area contributed by atoms with Crippen LogP contribution in [-0.2, 0) is 0 Å². The van der Waals surface area contributed by atoms with Crippen molar-refractivity contribution < 1.29 is 13.2 Å². The maximum atomic E-state index is 11.7.